The molecule has 0 aromatic heterocycles. The number of carbonyl (C=O) groups is 1. The van der Waals surface area contributed by atoms with Gasteiger partial charge in [-0.05, 0) is 18.8 Å². The Morgan fingerprint density at radius 3 is 2.73 bits per heavy atom. The molecule has 0 bridgehead atoms. The molecule has 0 spiro atoms. The van der Waals surface area contributed by atoms with E-state index in [4.69, 9.17) is 0 Å². The third kappa shape index (κ3) is 2.50. The third-order valence-corrected chi connectivity index (χ3v) is 2.14. The van der Waals surface area contributed by atoms with Gasteiger partial charge in [0.15, 0.2) is 0 Å². The van der Waals surface area contributed by atoms with E-state index in [9.17, 15) is 4.79 Å². The lowest BCUT2D eigenvalue weighted by Crippen LogP contribution is -2.42. The summed E-state index contributed by atoms with van der Waals surface area (Å²) in [5, 5.41) is 3.13. The molecule has 0 radical (unpaired) electrons. The van der Waals surface area contributed by atoms with Gasteiger partial charge in [0.2, 0.25) is 0 Å². The van der Waals surface area contributed by atoms with Crippen molar-refractivity contribution in [2.45, 2.75) is 25.8 Å². The van der Waals surface area contributed by atoms with Gasteiger partial charge in [-0.15, -0.1) is 0 Å². The van der Waals surface area contributed by atoms with E-state index in [1.165, 1.54) is 20.0 Å². The van der Waals surface area contributed by atoms with Crippen LogP contribution >= 0.6 is 0 Å². The Kier molecular flexibility index (Phi) is 2.88. The fourth-order valence-electron chi connectivity index (χ4n) is 1.37. The lowest BCUT2D eigenvalue weighted by Gasteiger charge is -2.33. The van der Waals surface area contributed by atoms with Crippen LogP contribution in [-0.4, -0.2) is 25.7 Å². The van der Waals surface area contributed by atoms with Crippen LogP contribution in [0.4, 0.5) is 0 Å². The summed E-state index contributed by atoms with van der Waals surface area (Å²) < 4.78 is 4.49. The number of rotatable bonds is 3. The van der Waals surface area contributed by atoms with Gasteiger partial charge in [0.05, 0.1) is 13.7 Å². The van der Waals surface area contributed by atoms with Crippen molar-refractivity contribution in [1.29, 1.82) is 0 Å². The molecule has 0 heterocycles. The summed E-state index contributed by atoms with van der Waals surface area (Å²) in [7, 11) is 1.41. The van der Waals surface area contributed by atoms with Gasteiger partial charge in [-0.3, -0.25) is 4.79 Å². The maximum absolute atomic E-state index is 10.7. The van der Waals surface area contributed by atoms with Crippen molar-refractivity contribution in [3.63, 3.8) is 0 Å². The summed E-state index contributed by atoms with van der Waals surface area (Å²) in [5.74, 6) is 0.648. The summed E-state index contributed by atoms with van der Waals surface area (Å²) in [5.41, 5.74) is 0. The molecule has 1 fully saturated rings. The smallest absolute Gasteiger partial charge is 0.319 e. The zero-order valence-corrected chi connectivity index (χ0v) is 7.09. The monoisotopic (exact) mass is 157 g/mol. The van der Waals surface area contributed by atoms with Crippen molar-refractivity contribution >= 4 is 5.97 Å². The first-order chi connectivity index (χ1) is 5.22. The SMILES string of the molecule is COC(=O)CNC1CC(C)C1. The number of carbonyl (C=O) groups excluding carboxylic acids is 1. The molecular weight excluding hydrogens is 142 g/mol. The molecule has 0 aliphatic heterocycles. The summed E-state index contributed by atoms with van der Waals surface area (Å²) >= 11 is 0. The molecule has 1 aliphatic rings. The normalized spacial score (nSPS) is 29.3. The van der Waals surface area contributed by atoms with Crippen molar-refractivity contribution in [3.05, 3.63) is 0 Å². The van der Waals surface area contributed by atoms with E-state index >= 15 is 0 Å². The molecule has 1 rings (SSSR count). The molecule has 0 saturated heterocycles. The third-order valence-electron chi connectivity index (χ3n) is 2.14. The van der Waals surface area contributed by atoms with Crippen molar-refractivity contribution in [3.8, 4) is 0 Å². The topological polar surface area (TPSA) is 38.3 Å². The highest BCUT2D eigenvalue weighted by Gasteiger charge is 2.24. The summed E-state index contributed by atoms with van der Waals surface area (Å²) in [6.07, 6.45) is 2.38. The Bertz CT molecular complexity index is 141. The molecule has 0 aromatic rings. The average Bonchev–Trinajstić information content (AvgIpc) is 1.95. The molecule has 0 amide bonds. The standard InChI is InChI=1S/C8H15NO2/c1-6-3-7(4-6)9-5-8(10)11-2/h6-7,9H,3-5H2,1-2H3. The van der Waals surface area contributed by atoms with Gasteiger partial charge in [0, 0.05) is 6.04 Å². The number of methoxy groups -OCH3 is 1. The molecule has 1 saturated carbocycles. The molecule has 0 unspecified atom stereocenters. The first-order valence-electron chi connectivity index (χ1n) is 4.02. The average molecular weight is 157 g/mol. The van der Waals surface area contributed by atoms with Crippen LogP contribution in [0.5, 0.6) is 0 Å². The van der Waals surface area contributed by atoms with Gasteiger partial charge in [-0.25, -0.2) is 0 Å². The van der Waals surface area contributed by atoms with Crippen LogP contribution in [0.25, 0.3) is 0 Å². The number of nitrogens with one attached hydrogen (secondary N) is 1. The van der Waals surface area contributed by atoms with Crippen molar-refractivity contribution in [2.75, 3.05) is 13.7 Å². The van der Waals surface area contributed by atoms with Crippen LogP contribution in [0.3, 0.4) is 0 Å². The Morgan fingerprint density at radius 1 is 1.64 bits per heavy atom. The van der Waals surface area contributed by atoms with Crippen molar-refractivity contribution < 1.29 is 9.53 Å². The van der Waals surface area contributed by atoms with Crippen LogP contribution < -0.4 is 5.32 Å². The molecule has 0 atom stereocenters. The van der Waals surface area contributed by atoms with E-state index in [0.29, 0.717) is 12.6 Å². The Balaban J connectivity index is 2.00. The van der Waals surface area contributed by atoms with Gasteiger partial charge < -0.3 is 10.1 Å². The van der Waals surface area contributed by atoms with Gasteiger partial charge in [-0.2, -0.15) is 0 Å². The minimum absolute atomic E-state index is 0.176. The zero-order chi connectivity index (χ0) is 8.27. The molecule has 3 nitrogen and oxygen atoms in total. The first-order valence-corrected chi connectivity index (χ1v) is 4.02. The fourth-order valence-corrected chi connectivity index (χ4v) is 1.37. The minimum atomic E-state index is -0.176. The van der Waals surface area contributed by atoms with Gasteiger partial charge in [-0.1, -0.05) is 6.92 Å². The van der Waals surface area contributed by atoms with Crippen LogP contribution in [-0.2, 0) is 9.53 Å². The molecular formula is C8H15NO2. The summed E-state index contributed by atoms with van der Waals surface area (Å²) in [6.45, 7) is 2.57. The first kappa shape index (κ1) is 8.53. The van der Waals surface area contributed by atoms with E-state index in [0.717, 1.165) is 5.92 Å². The summed E-state index contributed by atoms with van der Waals surface area (Å²) in [4.78, 5) is 10.7. The number of hydrogen-bond acceptors (Lipinski definition) is 3. The highest BCUT2D eigenvalue weighted by atomic mass is 16.5. The van der Waals surface area contributed by atoms with Crippen LogP contribution in [0, 0.1) is 5.92 Å². The van der Waals surface area contributed by atoms with Crippen LogP contribution in [0.1, 0.15) is 19.8 Å². The fraction of sp³-hybridized carbons (Fsp3) is 0.875. The van der Waals surface area contributed by atoms with Gasteiger partial charge in [0.25, 0.3) is 0 Å². The van der Waals surface area contributed by atoms with Crippen molar-refractivity contribution in [1.82, 2.24) is 5.32 Å². The Hall–Kier alpha value is -0.570. The number of ether oxygens (including phenoxy) is 1. The highest BCUT2D eigenvalue weighted by molar-refractivity contribution is 5.71. The predicted molar refractivity (Wildman–Crippen MR) is 42.2 cm³/mol. The molecule has 0 aromatic carbocycles. The van der Waals surface area contributed by atoms with Gasteiger partial charge >= 0.3 is 5.97 Å². The maximum Gasteiger partial charge on any atom is 0.319 e. The predicted octanol–water partition coefficient (Wildman–Crippen LogP) is 0.547. The van der Waals surface area contributed by atoms with E-state index < -0.39 is 0 Å². The summed E-state index contributed by atoms with van der Waals surface area (Å²) in [6, 6.07) is 0.545. The molecule has 64 valence electrons. The van der Waals surface area contributed by atoms with E-state index in [1.807, 2.05) is 0 Å². The Labute approximate surface area is 67.1 Å². The largest absolute Gasteiger partial charge is 0.468 e. The highest BCUT2D eigenvalue weighted by Crippen LogP contribution is 2.25. The second-order valence-electron chi connectivity index (χ2n) is 3.23. The molecule has 1 aliphatic carbocycles. The van der Waals surface area contributed by atoms with E-state index in [2.05, 4.69) is 17.0 Å². The number of esters is 1. The maximum atomic E-state index is 10.7. The van der Waals surface area contributed by atoms with Gasteiger partial charge in [0.1, 0.15) is 0 Å². The van der Waals surface area contributed by atoms with Crippen LogP contribution in [0.2, 0.25) is 0 Å². The Morgan fingerprint density at radius 2 is 2.27 bits per heavy atom. The minimum Gasteiger partial charge on any atom is -0.468 e. The van der Waals surface area contributed by atoms with Crippen molar-refractivity contribution in [2.24, 2.45) is 5.92 Å². The quantitative estimate of drug-likeness (QED) is 0.608. The number of hydrogen-bond donors (Lipinski definition) is 1. The lowest BCUT2D eigenvalue weighted by atomic mass is 9.82. The van der Waals surface area contributed by atoms with Crippen LogP contribution in [0.15, 0.2) is 0 Å². The lowest BCUT2D eigenvalue weighted by molar-refractivity contribution is -0.139. The molecule has 3 heteroatoms. The molecule has 1 N–H and O–H groups in total. The van der Waals surface area contributed by atoms with E-state index in [1.54, 1.807) is 0 Å². The second kappa shape index (κ2) is 3.72. The second-order valence-corrected chi connectivity index (χ2v) is 3.23. The van der Waals surface area contributed by atoms with E-state index in [-0.39, 0.29) is 5.97 Å². The molecule has 11 heavy (non-hydrogen) atoms. The zero-order valence-electron chi connectivity index (χ0n) is 7.09.